The molecule has 1 aliphatic rings. The molecule has 0 aliphatic carbocycles. The number of nitrogens with zero attached hydrogens (tertiary/aromatic N) is 1. The number of anilines is 1. The number of esters is 1. The van der Waals surface area contributed by atoms with Gasteiger partial charge in [-0.05, 0) is 49.8 Å². The molecule has 5 heteroatoms. The molecule has 0 spiro atoms. The van der Waals surface area contributed by atoms with Gasteiger partial charge in [-0.3, -0.25) is 4.79 Å². The van der Waals surface area contributed by atoms with Gasteiger partial charge in [0.1, 0.15) is 0 Å². The van der Waals surface area contributed by atoms with Gasteiger partial charge in [0.2, 0.25) is 0 Å². The van der Waals surface area contributed by atoms with Gasteiger partial charge < -0.3 is 19.1 Å². The molecule has 2 rings (SSSR count). The number of hydrogen-bond acceptors (Lipinski definition) is 5. The molecular formula is C26H41NO4. The molecule has 1 aliphatic heterocycles. The summed E-state index contributed by atoms with van der Waals surface area (Å²) in [5, 5.41) is 0. The molecule has 1 saturated heterocycles. The summed E-state index contributed by atoms with van der Waals surface area (Å²) in [6, 6.07) is 9.11. The predicted molar refractivity (Wildman–Crippen MR) is 126 cm³/mol. The van der Waals surface area contributed by atoms with Gasteiger partial charge in [-0.1, -0.05) is 50.5 Å². The average Bonchev–Trinajstić information content (AvgIpc) is 3.18. The fourth-order valence-corrected chi connectivity index (χ4v) is 4.43. The van der Waals surface area contributed by atoms with Crippen LogP contribution in [0.3, 0.4) is 0 Å². The van der Waals surface area contributed by atoms with Gasteiger partial charge in [-0.2, -0.15) is 0 Å². The summed E-state index contributed by atoms with van der Waals surface area (Å²) in [6.07, 6.45) is 14.4. The van der Waals surface area contributed by atoms with E-state index >= 15 is 0 Å². The van der Waals surface area contributed by atoms with Crippen molar-refractivity contribution in [2.45, 2.75) is 83.0 Å². The molecule has 0 unspecified atom stereocenters. The Morgan fingerprint density at radius 1 is 1.06 bits per heavy atom. The Labute approximate surface area is 188 Å². The van der Waals surface area contributed by atoms with Crippen LogP contribution in [0.1, 0.15) is 70.3 Å². The largest absolute Gasteiger partial charge is 0.469 e. The van der Waals surface area contributed by atoms with Crippen LogP contribution in [0.15, 0.2) is 36.4 Å². The van der Waals surface area contributed by atoms with E-state index in [2.05, 4.69) is 48.2 Å². The maximum atomic E-state index is 11.2. The third-order valence-corrected chi connectivity index (χ3v) is 6.37. The Morgan fingerprint density at radius 3 is 2.45 bits per heavy atom. The van der Waals surface area contributed by atoms with Crippen molar-refractivity contribution in [3.63, 3.8) is 0 Å². The molecule has 31 heavy (non-hydrogen) atoms. The van der Waals surface area contributed by atoms with Crippen molar-refractivity contribution in [3.8, 4) is 0 Å². The number of aryl methyl sites for hydroxylation is 1. The molecule has 1 fully saturated rings. The second kappa shape index (κ2) is 13.5. The summed E-state index contributed by atoms with van der Waals surface area (Å²) in [4.78, 5) is 13.7. The number of methoxy groups -OCH3 is 3. The van der Waals surface area contributed by atoms with Crippen LogP contribution in [0.5, 0.6) is 0 Å². The van der Waals surface area contributed by atoms with E-state index in [0.717, 1.165) is 38.6 Å². The average molecular weight is 432 g/mol. The smallest absolute Gasteiger partial charge is 0.305 e. The molecule has 1 atom stereocenters. The lowest BCUT2D eigenvalue weighted by atomic mass is 10.0. The van der Waals surface area contributed by atoms with E-state index in [4.69, 9.17) is 14.2 Å². The first-order chi connectivity index (χ1) is 15.1. The number of carbonyl (C=O) groups is 1. The summed E-state index contributed by atoms with van der Waals surface area (Å²) in [5.74, 6) is -0.753. The Bertz CT molecular complexity index is 666. The molecule has 1 aromatic rings. The van der Waals surface area contributed by atoms with Gasteiger partial charge in [0, 0.05) is 39.3 Å². The Kier molecular flexibility index (Phi) is 11.1. The minimum Gasteiger partial charge on any atom is -0.469 e. The molecular weight excluding hydrogens is 390 g/mol. The summed E-state index contributed by atoms with van der Waals surface area (Å²) < 4.78 is 16.5. The predicted octanol–water partition coefficient (Wildman–Crippen LogP) is 5.67. The highest BCUT2D eigenvalue weighted by atomic mass is 16.7. The number of allylic oxidation sites excluding steroid dienone is 1. The second-order valence-corrected chi connectivity index (χ2v) is 8.33. The monoisotopic (exact) mass is 431 g/mol. The van der Waals surface area contributed by atoms with Gasteiger partial charge in [0.05, 0.1) is 13.2 Å². The lowest BCUT2D eigenvalue weighted by molar-refractivity contribution is -0.208. The number of ether oxygens (including phenoxy) is 3. The van der Waals surface area contributed by atoms with Gasteiger partial charge in [-0.25, -0.2) is 0 Å². The third kappa shape index (κ3) is 7.36. The van der Waals surface area contributed by atoms with E-state index in [1.807, 2.05) is 0 Å². The number of benzene rings is 1. The first kappa shape index (κ1) is 25.4. The Balaban J connectivity index is 1.99. The fraction of sp³-hybridized carbons (Fsp3) is 0.654. The first-order valence-corrected chi connectivity index (χ1v) is 11.8. The SMILES string of the molecule is CCCCCCc1ccc(N2CCC(OC)(OC)[C@@H]2C/C=C\CCCC(=O)OC)cc1. The molecule has 0 aromatic heterocycles. The summed E-state index contributed by atoms with van der Waals surface area (Å²) >= 11 is 0. The number of unbranched alkanes of at least 4 members (excludes halogenated alkanes) is 4. The van der Waals surface area contributed by atoms with Crippen LogP contribution >= 0.6 is 0 Å². The molecule has 0 radical (unpaired) electrons. The van der Waals surface area contributed by atoms with Crippen LogP contribution in [0.2, 0.25) is 0 Å². The van der Waals surface area contributed by atoms with E-state index in [-0.39, 0.29) is 12.0 Å². The zero-order valence-electron chi connectivity index (χ0n) is 19.9. The second-order valence-electron chi connectivity index (χ2n) is 8.33. The van der Waals surface area contributed by atoms with Gasteiger partial charge in [0.15, 0.2) is 5.79 Å². The lowest BCUT2D eigenvalue weighted by Crippen LogP contribution is -2.47. The highest BCUT2D eigenvalue weighted by Gasteiger charge is 2.47. The zero-order chi connectivity index (χ0) is 22.5. The molecule has 0 saturated carbocycles. The van der Waals surface area contributed by atoms with Crippen LogP contribution in [-0.2, 0) is 25.4 Å². The molecule has 1 heterocycles. The van der Waals surface area contributed by atoms with Crippen molar-refractivity contribution in [2.24, 2.45) is 0 Å². The van der Waals surface area contributed by atoms with Crippen molar-refractivity contribution in [2.75, 3.05) is 32.8 Å². The minimum atomic E-state index is -0.602. The van der Waals surface area contributed by atoms with E-state index in [1.54, 1.807) is 14.2 Å². The Hall–Kier alpha value is -1.85. The maximum absolute atomic E-state index is 11.2. The molecule has 5 nitrogen and oxygen atoms in total. The number of rotatable bonds is 14. The van der Waals surface area contributed by atoms with E-state index < -0.39 is 5.79 Å². The minimum absolute atomic E-state index is 0.106. The topological polar surface area (TPSA) is 48.0 Å². The van der Waals surface area contributed by atoms with Crippen molar-refractivity contribution in [1.29, 1.82) is 0 Å². The third-order valence-electron chi connectivity index (χ3n) is 6.37. The van der Waals surface area contributed by atoms with E-state index in [0.29, 0.717) is 6.42 Å². The van der Waals surface area contributed by atoms with Gasteiger partial charge in [-0.15, -0.1) is 0 Å². The van der Waals surface area contributed by atoms with E-state index in [9.17, 15) is 4.79 Å². The van der Waals surface area contributed by atoms with Crippen LogP contribution in [0.4, 0.5) is 5.69 Å². The summed E-state index contributed by atoms with van der Waals surface area (Å²) in [7, 11) is 4.90. The van der Waals surface area contributed by atoms with E-state index in [1.165, 1.54) is 44.0 Å². The lowest BCUT2D eigenvalue weighted by Gasteiger charge is -2.36. The number of hydrogen-bond donors (Lipinski definition) is 0. The Morgan fingerprint density at radius 2 is 1.81 bits per heavy atom. The van der Waals surface area contributed by atoms with Crippen LogP contribution < -0.4 is 4.90 Å². The van der Waals surface area contributed by atoms with Crippen molar-refractivity contribution >= 4 is 11.7 Å². The van der Waals surface area contributed by atoms with Crippen LogP contribution in [0, 0.1) is 0 Å². The molecule has 1 aromatic carbocycles. The highest BCUT2D eigenvalue weighted by Crippen LogP contribution is 2.38. The normalized spacial score (nSPS) is 18.1. The first-order valence-electron chi connectivity index (χ1n) is 11.8. The van der Waals surface area contributed by atoms with Crippen LogP contribution in [0.25, 0.3) is 0 Å². The molecule has 0 bridgehead atoms. The standard InChI is InChI=1S/C26H41NO4/c1-5-6-7-10-13-22-16-18-23(19-17-22)27-21-20-26(30-3,31-4)24(27)14-11-8-9-12-15-25(28)29-2/h8,11,16-19,24H,5-7,9-10,12-15,20-21H2,1-4H3/b11-8-/t24-/m0/s1. The van der Waals surface area contributed by atoms with Gasteiger partial charge in [0.25, 0.3) is 0 Å². The van der Waals surface area contributed by atoms with Crippen molar-refractivity contribution in [3.05, 3.63) is 42.0 Å². The quantitative estimate of drug-likeness (QED) is 0.164. The molecule has 0 N–H and O–H groups in total. The van der Waals surface area contributed by atoms with Crippen molar-refractivity contribution in [1.82, 2.24) is 0 Å². The highest BCUT2D eigenvalue weighted by molar-refractivity contribution is 5.69. The van der Waals surface area contributed by atoms with Gasteiger partial charge >= 0.3 is 5.97 Å². The van der Waals surface area contributed by atoms with Crippen LogP contribution in [-0.4, -0.2) is 45.7 Å². The summed E-state index contributed by atoms with van der Waals surface area (Å²) in [5.41, 5.74) is 2.63. The molecule has 174 valence electrons. The maximum Gasteiger partial charge on any atom is 0.305 e. The summed E-state index contributed by atoms with van der Waals surface area (Å²) in [6.45, 7) is 3.15. The zero-order valence-corrected chi connectivity index (χ0v) is 19.9. The molecule has 0 amide bonds. The van der Waals surface area contributed by atoms with Crippen molar-refractivity contribution < 1.29 is 19.0 Å². The number of carbonyl (C=O) groups excluding carboxylic acids is 1. The fourth-order valence-electron chi connectivity index (χ4n) is 4.43.